The maximum atomic E-state index is 12.2. The first-order chi connectivity index (χ1) is 8.82. The average Bonchev–Trinajstić information content (AvgIpc) is 2.38. The summed E-state index contributed by atoms with van der Waals surface area (Å²) in [6, 6.07) is 3.04. The van der Waals surface area contributed by atoms with Crippen LogP contribution in [-0.2, 0) is 9.22 Å². The van der Waals surface area contributed by atoms with Gasteiger partial charge in [-0.25, -0.2) is 0 Å². The summed E-state index contributed by atoms with van der Waals surface area (Å²) < 4.78 is 6.46. The highest BCUT2D eigenvalue weighted by Gasteiger charge is 2.44. The molecule has 110 valence electrons. The smallest absolute Gasteiger partial charge is 0.192 e. The molecule has 0 heterocycles. The van der Waals surface area contributed by atoms with Crippen LogP contribution in [-0.4, -0.2) is 36.8 Å². The van der Waals surface area contributed by atoms with Gasteiger partial charge in [0.2, 0.25) is 0 Å². The molecule has 6 heteroatoms. The lowest BCUT2D eigenvalue weighted by atomic mass is 9.91. The number of rotatable bonds is 6. The lowest BCUT2D eigenvalue weighted by molar-refractivity contribution is -0.119. The van der Waals surface area contributed by atoms with Crippen LogP contribution in [0.3, 0.4) is 0 Å². The fourth-order valence-electron chi connectivity index (χ4n) is 2.39. The van der Waals surface area contributed by atoms with Gasteiger partial charge < -0.3 is 9.53 Å². The van der Waals surface area contributed by atoms with E-state index in [1.165, 1.54) is 6.08 Å². The number of Topliss-reactive ketones (excluding diaryl/α,β-unsaturated/α-hetero) is 1. The van der Waals surface area contributed by atoms with E-state index in [9.17, 15) is 9.90 Å². The Balaban J connectivity index is 2.81. The highest BCUT2D eigenvalue weighted by molar-refractivity contribution is 9.12. The maximum absolute atomic E-state index is 12.2. The molecule has 1 aliphatic carbocycles. The quantitative estimate of drug-likeness (QED) is 0.575. The molecule has 0 aromatic heterocycles. The zero-order valence-corrected chi connectivity index (χ0v) is 15.1. The number of aliphatic hydroxyl groups excluding tert-OH is 1. The maximum Gasteiger partial charge on any atom is 0.192 e. The van der Waals surface area contributed by atoms with Crippen LogP contribution < -0.4 is 0 Å². The van der Waals surface area contributed by atoms with Gasteiger partial charge in [0.15, 0.2) is 14.1 Å². The molecule has 0 bridgehead atoms. The van der Waals surface area contributed by atoms with Gasteiger partial charge in [-0.3, -0.25) is 4.79 Å². The Bertz CT molecular complexity index is 363. The van der Waals surface area contributed by atoms with Crippen molar-refractivity contribution in [3.63, 3.8) is 0 Å². The number of hydrogen-bond donors (Lipinski definition) is 1. The predicted octanol–water partition coefficient (Wildman–Crippen LogP) is 3.60. The molecule has 0 unspecified atom stereocenters. The van der Waals surface area contributed by atoms with Gasteiger partial charge in [-0.05, 0) is 40.1 Å². The Labute approximate surface area is 129 Å². The number of halogens is 2. The number of allylic oxidation sites excluding steroid dienone is 1. The second-order valence-electron chi connectivity index (χ2n) is 5.11. The summed E-state index contributed by atoms with van der Waals surface area (Å²) in [4.78, 5) is 11.0. The van der Waals surface area contributed by atoms with Crippen molar-refractivity contribution in [3.05, 3.63) is 10.6 Å². The third kappa shape index (κ3) is 3.91. The first-order valence-corrected chi connectivity index (χ1v) is 10.5. The normalized spacial score (nSPS) is 28.4. The molecule has 0 fully saturated rings. The van der Waals surface area contributed by atoms with Crippen LogP contribution in [0.5, 0.6) is 0 Å². The summed E-state index contributed by atoms with van der Waals surface area (Å²) in [5, 5.41) is 9.75. The summed E-state index contributed by atoms with van der Waals surface area (Å²) in [5.74, 6) is -0.189. The van der Waals surface area contributed by atoms with Crippen molar-refractivity contribution < 1.29 is 14.3 Å². The van der Waals surface area contributed by atoms with Gasteiger partial charge in [-0.2, -0.15) is 0 Å². The van der Waals surface area contributed by atoms with Crippen molar-refractivity contribution in [1.29, 1.82) is 0 Å². The third-order valence-corrected chi connectivity index (χ3v) is 9.72. The molecule has 0 radical (unpaired) electrons. The van der Waals surface area contributed by atoms with E-state index in [0.29, 0.717) is 4.48 Å². The second kappa shape index (κ2) is 6.85. The zero-order valence-electron chi connectivity index (χ0n) is 11.7. The van der Waals surface area contributed by atoms with Crippen molar-refractivity contribution in [3.8, 4) is 0 Å². The lowest BCUT2D eigenvalue weighted by Gasteiger charge is -2.35. The van der Waals surface area contributed by atoms with Gasteiger partial charge >= 0.3 is 0 Å². The van der Waals surface area contributed by atoms with Crippen LogP contribution >= 0.6 is 27.5 Å². The molecule has 1 N–H and O–H groups in total. The molecule has 2 atom stereocenters. The van der Waals surface area contributed by atoms with Crippen LogP contribution in [0.1, 0.15) is 27.2 Å². The molecule has 19 heavy (non-hydrogen) atoms. The SMILES string of the molecule is CC[Si](CC)(CC)OC[C@@]1(Cl)C[C@H](O)C=C(Br)C1=O. The number of hydrogen-bond acceptors (Lipinski definition) is 3. The number of ketones is 1. The minimum Gasteiger partial charge on any atom is -0.415 e. The molecule has 1 aliphatic rings. The minimum absolute atomic E-state index is 0.189. The monoisotopic (exact) mass is 368 g/mol. The first-order valence-electron chi connectivity index (χ1n) is 6.75. The largest absolute Gasteiger partial charge is 0.415 e. The molecule has 0 aromatic carbocycles. The molecular weight excluding hydrogens is 348 g/mol. The van der Waals surface area contributed by atoms with E-state index < -0.39 is 19.3 Å². The van der Waals surface area contributed by atoms with Gasteiger partial charge in [0, 0.05) is 6.42 Å². The molecule has 0 saturated heterocycles. The molecule has 0 saturated carbocycles. The van der Waals surface area contributed by atoms with E-state index in [4.69, 9.17) is 16.0 Å². The Morgan fingerprint density at radius 3 is 2.47 bits per heavy atom. The average molecular weight is 370 g/mol. The molecule has 0 amide bonds. The Hall–Kier alpha value is 0.317. The molecule has 0 aromatic rings. The second-order valence-corrected chi connectivity index (χ2v) is 11.5. The van der Waals surface area contributed by atoms with Gasteiger partial charge in [0.25, 0.3) is 0 Å². The van der Waals surface area contributed by atoms with Gasteiger partial charge in [0.05, 0.1) is 17.2 Å². The van der Waals surface area contributed by atoms with Gasteiger partial charge in [-0.15, -0.1) is 11.6 Å². The predicted molar refractivity (Wildman–Crippen MR) is 84.4 cm³/mol. The van der Waals surface area contributed by atoms with Crippen molar-refractivity contribution in [1.82, 2.24) is 0 Å². The summed E-state index contributed by atoms with van der Waals surface area (Å²) in [6.07, 6.45) is 1.01. The van der Waals surface area contributed by atoms with Crippen LogP contribution in [0.15, 0.2) is 10.6 Å². The van der Waals surface area contributed by atoms with Crippen LogP contribution in [0.25, 0.3) is 0 Å². The van der Waals surface area contributed by atoms with E-state index >= 15 is 0 Å². The van der Waals surface area contributed by atoms with Gasteiger partial charge in [0.1, 0.15) is 4.87 Å². The van der Waals surface area contributed by atoms with Crippen LogP contribution in [0, 0.1) is 0 Å². The number of alkyl halides is 1. The molecule has 3 nitrogen and oxygen atoms in total. The van der Waals surface area contributed by atoms with E-state index in [1.54, 1.807) is 0 Å². The Morgan fingerprint density at radius 2 is 2.00 bits per heavy atom. The topological polar surface area (TPSA) is 46.5 Å². The summed E-state index contributed by atoms with van der Waals surface area (Å²) in [6.45, 7) is 6.59. The standard InChI is InChI=1S/C13H22BrClO3Si/c1-4-19(5-2,6-3)18-9-13(15)8-10(16)7-11(14)12(13)17/h7,10,16H,4-6,8-9H2,1-3H3/t10-,13+/m1/s1. The highest BCUT2D eigenvalue weighted by atomic mass is 79.9. The molecular formula is C13H22BrClO3Si. The van der Waals surface area contributed by atoms with E-state index in [1.807, 2.05) is 0 Å². The number of aliphatic hydroxyl groups is 1. The van der Waals surface area contributed by atoms with E-state index in [0.717, 1.165) is 18.1 Å². The van der Waals surface area contributed by atoms with Crippen molar-refractivity contribution in [2.45, 2.75) is 56.3 Å². The minimum atomic E-state index is -1.78. The lowest BCUT2D eigenvalue weighted by Crippen LogP contribution is -2.48. The Morgan fingerprint density at radius 1 is 1.47 bits per heavy atom. The highest BCUT2D eigenvalue weighted by Crippen LogP contribution is 2.35. The summed E-state index contributed by atoms with van der Waals surface area (Å²) in [5.41, 5.74) is 0. The zero-order chi connectivity index (χ0) is 14.7. The van der Waals surface area contributed by atoms with Crippen molar-refractivity contribution >= 4 is 41.6 Å². The van der Waals surface area contributed by atoms with Crippen molar-refractivity contribution in [2.75, 3.05) is 6.61 Å². The van der Waals surface area contributed by atoms with Crippen molar-refractivity contribution in [2.24, 2.45) is 0 Å². The summed E-state index contributed by atoms with van der Waals surface area (Å²) in [7, 11) is -1.78. The molecule has 0 aliphatic heterocycles. The third-order valence-electron chi connectivity index (χ3n) is 4.04. The molecule has 1 rings (SSSR count). The number of carbonyl (C=O) groups excluding carboxylic acids is 1. The van der Waals surface area contributed by atoms with Crippen LogP contribution in [0.2, 0.25) is 18.1 Å². The molecule has 0 spiro atoms. The fraction of sp³-hybridized carbons (Fsp3) is 0.769. The van der Waals surface area contributed by atoms with E-state index in [2.05, 4.69) is 36.7 Å². The fourth-order valence-corrected chi connectivity index (χ4v) is 6.26. The first kappa shape index (κ1) is 17.4. The summed E-state index contributed by atoms with van der Waals surface area (Å²) >= 11 is 9.57. The number of carbonyl (C=O) groups is 1. The van der Waals surface area contributed by atoms with Crippen LogP contribution in [0.4, 0.5) is 0 Å². The van der Waals surface area contributed by atoms with Gasteiger partial charge in [-0.1, -0.05) is 20.8 Å². The van der Waals surface area contributed by atoms with E-state index in [-0.39, 0.29) is 18.8 Å². The Kier molecular flexibility index (Phi) is 6.26.